The summed E-state index contributed by atoms with van der Waals surface area (Å²) in [6.45, 7) is 0.747. The van der Waals surface area contributed by atoms with Gasteiger partial charge in [0.05, 0.1) is 7.11 Å². The van der Waals surface area contributed by atoms with Crippen molar-refractivity contribution in [3.8, 4) is 16.9 Å². The van der Waals surface area contributed by atoms with Crippen LogP contribution in [-0.2, 0) is 4.79 Å². The standard InChI is InChI=1S/C24H28FN3O3/c1-31-22-9-6-16(25)13-19(22)18-10-12-27-24-20(18)14-21(28-24)15-4-7-17(8-5-15)26-11-2-3-23(29)30/h6,9-10,12-15,17,26H,2-5,7-8,11H2,1H3,(H,27,28)(H,29,30). The number of pyridine rings is 1. The average molecular weight is 426 g/mol. The van der Waals surface area contributed by atoms with Crippen molar-refractivity contribution >= 4 is 17.0 Å². The number of halogens is 1. The van der Waals surface area contributed by atoms with Crippen LogP contribution in [0, 0.1) is 5.82 Å². The number of aliphatic carboxylic acids is 1. The average Bonchev–Trinajstić information content (AvgIpc) is 3.21. The van der Waals surface area contributed by atoms with E-state index in [0.29, 0.717) is 24.1 Å². The summed E-state index contributed by atoms with van der Waals surface area (Å²) in [4.78, 5) is 18.6. The van der Waals surface area contributed by atoms with Crippen LogP contribution in [0.3, 0.4) is 0 Å². The molecular weight excluding hydrogens is 397 g/mol. The lowest BCUT2D eigenvalue weighted by molar-refractivity contribution is -0.137. The Morgan fingerprint density at radius 1 is 1.23 bits per heavy atom. The fourth-order valence-corrected chi connectivity index (χ4v) is 4.55. The summed E-state index contributed by atoms with van der Waals surface area (Å²) < 4.78 is 19.4. The Bertz CT molecular complexity index is 1060. The van der Waals surface area contributed by atoms with E-state index < -0.39 is 5.97 Å². The van der Waals surface area contributed by atoms with Gasteiger partial charge in [-0.3, -0.25) is 4.79 Å². The van der Waals surface area contributed by atoms with Gasteiger partial charge in [-0.1, -0.05) is 0 Å². The van der Waals surface area contributed by atoms with Crippen molar-refractivity contribution < 1.29 is 19.0 Å². The van der Waals surface area contributed by atoms with Crippen molar-refractivity contribution in [1.29, 1.82) is 0 Å². The van der Waals surface area contributed by atoms with Crippen LogP contribution in [0.15, 0.2) is 36.5 Å². The molecule has 0 atom stereocenters. The minimum absolute atomic E-state index is 0.211. The van der Waals surface area contributed by atoms with E-state index in [1.54, 1.807) is 19.4 Å². The topological polar surface area (TPSA) is 87.2 Å². The Morgan fingerprint density at radius 3 is 2.77 bits per heavy atom. The first-order valence-corrected chi connectivity index (χ1v) is 10.8. The van der Waals surface area contributed by atoms with Crippen molar-refractivity contribution in [2.75, 3.05) is 13.7 Å². The number of aromatic amines is 1. The van der Waals surface area contributed by atoms with E-state index in [1.807, 2.05) is 6.07 Å². The number of rotatable bonds is 8. The predicted molar refractivity (Wildman–Crippen MR) is 118 cm³/mol. The lowest BCUT2D eigenvalue weighted by Gasteiger charge is -2.28. The summed E-state index contributed by atoms with van der Waals surface area (Å²) in [5.41, 5.74) is 3.58. The molecule has 2 aromatic heterocycles. The van der Waals surface area contributed by atoms with E-state index in [0.717, 1.165) is 60.1 Å². The van der Waals surface area contributed by atoms with Gasteiger partial charge in [-0.2, -0.15) is 0 Å². The van der Waals surface area contributed by atoms with Crippen LogP contribution in [0.25, 0.3) is 22.2 Å². The summed E-state index contributed by atoms with van der Waals surface area (Å²) in [5.74, 6) is 0.0125. The highest BCUT2D eigenvalue weighted by atomic mass is 19.1. The minimum atomic E-state index is -0.742. The number of carbonyl (C=O) groups is 1. The summed E-state index contributed by atoms with van der Waals surface area (Å²) >= 11 is 0. The molecule has 0 bridgehead atoms. The van der Waals surface area contributed by atoms with E-state index in [2.05, 4.69) is 21.4 Å². The van der Waals surface area contributed by atoms with E-state index in [-0.39, 0.29) is 12.2 Å². The number of nitrogens with zero attached hydrogens (tertiary/aromatic N) is 1. The molecule has 0 radical (unpaired) electrons. The molecule has 1 aliphatic carbocycles. The summed E-state index contributed by atoms with van der Waals surface area (Å²) in [7, 11) is 1.59. The van der Waals surface area contributed by atoms with Crippen LogP contribution in [-0.4, -0.2) is 40.7 Å². The van der Waals surface area contributed by atoms with E-state index in [9.17, 15) is 9.18 Å². The fourth-order valence-electron chi connectivity index (χ4n) is 4.55. The van der Waals surface area contributed by atoms with Gasteiger partial charge in [-0.05, 0) is 80.5 Å². The molecule has 3 aromatic rings. The number of hydrogen-bond donors (Lipinski definition) is 3. The van der Waals surface area contributed by atoms with Crippen LogP contribution < -0.4 is 10.1 Å². The highest BCUT2D eigenvalue weighted by Crippen LogP contribution is 2.38. The predicted octanol–water partition coefficient (Wildman–Crippen LogP) is 4.86. The number of methoxy groups -OCH3 is 1. The minimum Gasteiger partial charge on any atom is -0.496 e. The molecule has 1 fully saturated rings. The number of H-pyrrole nitrogens is 1. The molecule has 164 valence electrons. The third kappa shape index (κ3) is 4.88. The van der Waals surface area contributed by atoms with Crippen LogP contribution in [0.4, 0.5) is 4.39 Å². The van der Waals surface area contributed by atoms with Crippen LogP contribution in [0.5, 0.6) is 5.75 Å². The molecule has 0 spiro atoms. The number of aromatic nitrogens is 2. The molecule has 1 aliphatic rings. The zero-order valence-corrected chi connectivity index (χ0v) is 17.7. The van der Waals surface area contributed by atoms with Crippen LogP contribution >= 0.6 is 0 Å². The van der Waals surface area contributed by atoms with Gasteiger partial charge in [-0.25, -0.2) is 9.37 Å². The largest absolute Gasteiger partial charge is 0.496 e. The number of nitrogens with one attached hydrogen (secondary N) is 2. The van der Waals surface area contributed by atoms with Gasteiger partial charge < -0.3 is 20.1 Å². The van der Waals surface area contributed by atoms with Crippen molar-refractivity contribution in [3.63, 3.8) is 0 Å². The highest BCUT2D eigenvalue weighted by Gasteiger charge is 2.24. The second-order valence-electron chi connectivity index (χ2n) is 8.19. The second kappa shape index (κ2) is 9.47. The van der Waals surface area contributed by atoms with Crippen LogP contribution in [0.1, 0.15) is 50.1 Å². The number of ether oxygens (including phenoxy) is 1. The quantitative estimate of drug-likeness (QED) is 0.449. The van der Waals surface area contributed by atoms with Gasteiger partial charge in [0.15, 0.2) is 0 Å². The normalized spacial score (nSPS) is 18.9. The van der Waals surface area contributed by atoms with Crippen molar-refractivity contribution in [2.45, 2.75) is 50.5 Å². The zero-order valence-electron chi connectivity index (χ0n) is 17.7. The van der Waals surface area contributed by atoms with Gasteiger partial charge in [0.1, 0.15) is 17.2 Å². The lowest BCUT2D eigenvalue weighted by atomic mass is 9.84. The zero-order chi connectivity index (χ0) is 21.8. The maximum absolute atomic E-state index is 13.9. The number of fused-ring (bicyclic) bond motifs is 1. The molecule has 6 nitrogen and oxygen atoms in total. The van der Waals surface area contributed by atoms with Gasteiger partial charge >= 0.3 is 5.97 Å². The Kier molecular flexibility index (Phi) is 6.51. The fraction of sp³-hybridized carbons (Fsp3) is 0.417. The maximum Gasteiger partial charge on any atom is 0.303 e. The van der Waals surface area contributed by atoms with Gasteiger partial charge in [0.25, 0.3) is 0 Å². The Balaban J connectivity index is 1.48. The third-order valence-electron chi connectivity index (χ3n) is 6.17. The van der Waals surface area contributed by atoms with Crippen molar-refractivity contribution in [1.82, 2.24) is 15.3 Å². The first-order valence-electron chi connectivity index (χ1n) is 10.8. The van der Waals surface area contributed by atoms with Gasteiger partial charge in [0, 0.05) is 35.3 Å². The molecule has 0 saturated heterocycles. The van der Waals surface area contributed by atoms with Crippen molar-refractivity contribution in [2.24, 2.45) is 0 Å². The molecule has 0 amide bonds. The lowest BCUT2D eigenvalue weighted by Crippen LogP contribution is -2.33. The first-order chi connectivity index (χ1) is 15.0. The van der Waals surface area contributed by atoms with E-state index in [4.69, 9.17) is 9.84 Å². The van der Waals surface area contributed by atoms with Gasteiger partial charge in [-0.15, -0.1) is 0 Å². The monoisotopic (exact) mass is 425 g/mol. The molecule has 31 heavy (non-hydrogen) atoms. The Labute approximate surface area is 180 Å². The van der Waals surface area contributed by atoms with Crippen LogP contribution in [0.2, 0.25) is 0 Å². The molecule has 0 unspecified atom stereocenters. The summed E-state index contributed by atoms with van der Waals surface area (Å²) in [5, 5.41) is 13.2. The molecule has 0 aliphatic heterocycles. The molecule has 4 rings (SSSR count). The number of hydrogen-bond acceptors (Lipinski definition) is 4. The number of carboxylic acid groups (broad SMARTS) is 1. The van der Waals surface area contributed by atoms with E-state index >= 15 is 0 Å². The summed E-state index contributed by atoms with van der Waals surface area (Å²) in [6, 6.07) is 9.04. The van der Waals surface area contributed by atoms with Gasteiger partial charge in [0.2, 0.25) is 0 Å². The Hall–Kier alpha value is -2.93. The van der Waals surface area contributed by atoms with Crippen molar-refractivity contribution in [3.05, 3.63) is 48.0 Å². The summed E-state index contributed by atoms with van der Waals surface area (Å²) in [6.07, 6.45) is 6.85. The molecular formula is C24H28FN3O3. The molecule has 1 aromatic carbocycles. The third-order valence-corrected chi connectivity index (χ3v) is 6.17. The molecule has 2 heterocycles. The number of carboxylic acids is 1. The Morgan fingerprint density at radius 2 is 2.03 bits per heavy atom. The SMILES string of the molecule is COc1ccc(F)cc1-c1ccnc2[nH]c(C3CCC(NCCCC(=O)O)CC3)cc12. The highest BCUT2D eigenvalue weighted by molar-refractivity contribution is 5.95. The smallest absolute Gasteiger partial charge is 0.303 e. The molecule has 7 heteroatoms. The number of benzene rings is 1. The second-order valence-corrected chi connectivity index (χ2v) is 8.19. The maximum atomic E-state index is 13.9. The van der Waals surface area contributed by atoms with E-state index in [1.165, 1.54) is 12.1 Å². The molecule has 3 N–H and O–H groups in total. The first kappa shape index (κ1) is 21.3. The molecule has 1 saturated carbocycles.